The summed E-state index contributed by atoms with van der Waals surface area (Å²) in [5.74, 6) is 0. The highest BCUT2D eigenvalue weighted by Crippen LogP contribution is 2.15. The molecule has 1 rings (SSSR count). The molecule has 0 atom stereocenters. The van der Waals surface area contributed by atoms with Crippen molar-refractivity contribution in [3.8, 4) is 0 Å². The smallest absolute Gasteiger partial charge is 0.374 e. The molecule has 0 amide bonds. The van der Waals surface area contributed by atoms with Crippen LogP contribution >= 0.6 is 0 Å². The van der Waals surface area contributed by atoms with Crippen LogP contribution in [0.3, 0.4) is 0 Å². The summed E-state index contributed by atoms with van der Waals surface area (Å²) < 4.78 is 17.4. The number of hydrogen-bond acceptors (Lipinski definition) is 3. The molecule has 1 aromatic rings. The third kappa shape index (κ3) is 6.01. The van der Waals surface area contributed by atoms with Gasteiger partial charge in [0.15, 0.2) is 0 Å². The Morgan fingerprint density at radius 3 is 2.15 bits per heavy atom. The molecule has 0 fully saturated rings. The lowest BCUT2D eigenvalue weighted by atomic mass is 10.2. The summed E-state index contributed by atoms with van der Waals surface area (Å²) in [6.45, 7) is 7.95. The largest absolute Gasteiger partial charge is 0.500 e. The van der Waals surface area contributed by atoms with Crippen LogP contribution in [0.2, 0.25) is 6.04 Å². The third-order valence-electron chi connectivity index (χ3n) is 2.88. The van der Waals surface area contributed by atoms with Crippen molar-refractivity contribution >= 4 is 14.9 Å². The first-order valence-electron chi connectivity index (χ1n) is 7.39. The van der Waals surface area contributed by atoms with E-state index in [2.05, 4.69) is 31.2 Å². The minimum Gasteiger partial charge on any atom is -0.374 e. The lowest BCUT2D eigenvalue weighted by Gasteiger charge is -2.27. The zero-order valence-electron chi connectivity index (χ0n) is 12.8. The van der Waals surface area contributed by atoms with Gasteiger partial charge in [-0.05, 0) is 25.8 Å². The Labute approximate surface area is 123 Å². The van der Waals surface area contributed by atoms with E-state index in [-0.39, 0.29) is 0 Å². The highest BCUT2D eigenvalue weighted by molar-refractivity contribution is 6.60. The lowest BCUT2D eigenvalue weighted by Crippen LogP contribution is -2.45. The first kappa shape index (κ1) is 17.1. The molecule has 20 heavy (non-hydrogen) atoms. The highest BCUT2D eigenvalue weighted by Gasteiger charge is 2.38. The summed E-state index contributed by atoms with van der Waals surface area (Å²) in [5.41, 5.74) is 1.21. The second kappa shape index (κ2) is 9.88. The van der Waals surface area contributed by atoms with Gasteiger partial charge < -0.3 is 13.3 Å². The Morgan fingerprint density at radius 1 is 0.950 bits per heavy atom. The van der Waals surface area contributed by atoms with Crippen molar-refractivity contribution in [2.75, 3.05) is 19.8 Å². The van der Waals surface area contributed by atoms with Crippen LogP contribution in [-0.2, 0) is 13.3 Å². The van der Waals surface area contributed by atoms with Gasteiger partial charge in [0.25, 0.3) is 0 Å². The van der Waals surface area contributed by atoms with Crippen LogP contribution in [0.1, 0.15) is 32.8 Å². The van der Waals surface area contributed by atoms with Crippen LogP contribution < -0.4 is 0 Å². The van der Waals surface area contributed by atoms with Gasteiger partial charge in [0.2, 0.25) is 0 Å². The maximum Gasteiger partial charge on any atom is 0.500 e. The highest BCUT2D eigenvalue weighted by atomic mass is 28.4. The third-order valence-corrected chi connectivity index (χ3v) is 5.84. The van der Waals surface area contributed by atoms with E-state index in [1.54, 1.807) is 0 Å². The quantitative estimate of drug-likeness (QED) is 0.479. The first-order chi connectivity index (χ1) is 9.76. The lowest BCUT2D eigenvalue weighted by molar-refractivity contribution is 0.0697. The second-order valence-corrected chi connectivity index (χ2v) is 7.29. The van der Waals surface area contributed by atoms with E-state index in [1.165, 1.54) is 5.56 Å². The van der Waals surface area contributed by atoms with Gasteiger partial charge in [0.1, 0.15) is 0 Å². The van der Waals surface area contributed by atoms with Gasteiger partial charge in [-0.15, -0.1) is 0 Å². The zero-order chi connectivity index (χ0) is 14.7. The summed E-state index contributed by atoms with van der Waals surface area (Å²) in [6.07, 6.45) is 5.10. The van der Waals surface area contributed by atoms with Crippen LogP contribution in [0.25, 0.3) is 6.08 Å². The molecule has 0 saturated heterocycles. The van der Waals surface area contributed by atoms with Gasteiger partial charge in [-0.3, -0.25) is 0 Å². The monoisotopic (exact) mass is 294 g/mol. The van der Waals surface area contributed by atoms with Crippen LogP contribution in [0, 0.1) is 0 Å². The maximum atomic E-state index is 5.94. The van der Waals surface area contributed by atoms with Crippen LogP contribution in [0.4, 0.5) is 0 Å². The molecular weight excluding hydrogens is 268 g/mol. The SMILES string of the molecule is CCO[Si](CC)(OCC)OCC/C=C/c1ccccc1. The number of rotatable bonds is 10. The van der Waals surface area contributed by atoms with Crippen molar-refractivity contribution < 1.29 is 13.3 Å². The Bertz CT molecular complexity index is 373. The maximum absolute atomic E-state index is 5.94. The standard InChI is InChI=1S/C16H26O3Si/c1-4-17-20(6-3,18-5-2)19-15-11-10-14-16-12-8-7-9-13-16/h7-10,12-14H,4-6,11,15H2,1-3H3/b14-10+. The van der Waals surface area contributed by atoms with Crippen molar-refractivity contribution in [1.82, 2.24) is 0 Å². The minimum absolute atomic E-state index is 0.639. The summed E-state index contributed by atoms with van der Waals surface area (Å²) in [7, 11) is -2.43. The van der Waals surface area contributed by atoms with E-state index in [1.807, 2.05) is 32.0 Å². The van der Waals surface area contributed by atoms with E-state index < -0.39 is 8.80 Å². The van der Waals surface area contributed by atoms with Crippen LogP contribution in [0.15, 0.2) is 36.4 Å². The van der Waals surface area contributed by atoms with Crippen molar-refractivity contribution in [2.45, 2.75) is 33.2 Å². The molecule has 0 aliphatic carbocycles. The molecule has 0 aliphatic heterocycles. The molecule has 0 unspecified atom stereocenters. The average Bonchev–Trinajstić information content (AvgIpc) is 2.48. The summed E-state index contributed by atoms with van der Waals surface area (Å²) >= 11 is 0. The van der Waals surface area contributed by atoms with Crippen molar-refractivity contribution in [2.24, 2.45) is 0 Å². The Hall–Kier alpha value is -0.943. The van der Waals surface area contributed by atoms with E-state index in [0.717, 1.165) is 12.5 Å². The molecule has 0 saturated carbocycles. The molecule has 1 aromatic carbocycles. The molecule has 0 heterocycles. The molecule has 0 radical (unpaired) electrons. The molecular formula is C16H26O3Si. The van der Waals surface area contributed by atoms with E-state index in [9.17, 15) is 0 Å². The van der Waals surface area contributed by atoms with Crippen LogP contribution in [-0.4, -0.2) is 28.6 Å². The van der Waals surface area contributed by atoms with Crippen LogP contribution in [0.5, 0.6) is 0 Å². The summed E-state index contributed by atoms with van der Waals surface area (Å²) in [4.78, 5) is 0. The van der Waals surface area contributed by atoms with Gasteiger partial charge >= 0.3 is 8.80 Å². The van der Waals surface area contributed by atoms with Crippen molar-refractivity contribution in [3.05, 3.63) is 42.0 Å². The van der Waals surface area contributed by atoms with Gasteiger partial charge in [-0.25, -0.2) is 0 Å². The molecule has 4 heteroatoms. The normalized spacial score (nSPS) is 12.2. The van der Waals surface area contributed by atoms with Gasteiger partial charge in [0.05, 0.1) is 0 Å². The van der Waals surface area contributed by atoms with Gasteiger partial charge in [-0.1, -0.05) is 49.4 Å². The zero-order valence-corrected chi connectivity index (χ0v) is 13.8. The predicted octanol–water partition coefficient (Wildman–Crippen LogP) is 4.14. The fourth-order valence-electron chi connectivity index (χ4n) is 1.94. The van der Waals surface area contributed by atoms with Gasteiger partial charge in [-0.2, -0.15) is 0 Å². The molecule has 112 valence electrons. The number of benzene rings is 1. The predicted molar refractivity (Wildman–Crippen MR) is 85.5 cm³/mol. The topological polar surface area (TPSA) is 27.7 Å². The van der Waals surface area contributed by atoms with Crippen molar-refractivity contribution in [1.29, 1.82) is 0 Å². The van der Waals surface area contributed by atoms with E-state index in [0.29, 0.717) is 19.8 Å². The fourth-order valence-corrected chi connectivity index (χ4v) is 4.11. The van der Waals surface area contributed by atoms with E-state index in [4.69, 9.17) is 13.3 Å². The Kier molecular flexibility index (Phi) is 8.45. The Morgan fingerprint density at radius 2 is 1.60 bits per heavy atom. The van der Waals surface area contributed by atoms with Crippen molar-refractivity contribution in [3.63, 3.8) is 0 Å². The first-order valence-corrected chi connectivity index (χ1v) is 9.33. The molecule has 0 spiro atoms. The molecule has 0 aromatic heterocycles. The minimum atomic E-state index is -2.43. The second-order valence-electron chi connectivity index (χ2n) is 4.35. The van der Waals surface area contributed by atoms with E-state index >= 15 is 0 Å². The number of hydrogen-bond donors (Lipinski definition) is 0. The fraction of sp³-hybridized carbons (Fsp3) is 0.500. The molecule has 0 aliphatic rings. The molecule has 0 N–H and O–H groups in total. The average molecular weight is 294 g/mol. The molecule has 0 bridgehead atoms. The summed E-state index contributed by atoms with van der Waals surface area (Å²) in [5, 5.41) is 0. The van der Waals surface area contributed by atoms with Gasteiger partial charge in [0, 0.05) is 25.9 Å². The summed E-state index contributed by atoms with van der Waals surface area (Å²) in [6, 6.07) is 11.1. The molecule has 3 nitrogen and oxygen atoms in total. The Balaban J connectivity index is 2.38.